The number of aryl methyl sites for hydroxylation is 1. The zero-order chi connectivity index (χ0) is 17.9. The highest BCUT2D eigenvalue weighted by Gasteiger charge is 2.26. The van der Waals surface area contributed by atoms with Gasteiger partial charge in [-0.15, -0.1) is 11.8 Å². The standard InChI is InChI=1S/C19H21N5OS/c1-13-17-9-15(10-20-18(17)23-22-13)21-19(25)24-8-7-14(11-24)12-26-16-5-3-2-4-6-16/h2-6,9-10,14H,7-8,11-12H2,1H3,(H,21,25)(H,20,22,23)/t14-/m1/s1. The second-order valence-corrected chi connectivity index (χ2v) is 7.69. The second-order valence-electron chi connectivity index (χ2n) is 6.60. The average molecular weight is 367 g/mol. The first-order valence-electron chi connectivity index (χ1n) is 8.73. The van der Waals surface area contributed by atoms with Gasteiger partial charge in [0, 0.05) is 34.8 Å². The zero-order valence-corrected chi connectivity index (χ0v) is 15.4. The Bertz CT molecular complexity index is 911. The molecule has 0 bridgehead atoms. The Morgan fingerprint density at radius 3 is 3.08 bits per heavy atom. The van der Waals surface area contributed by atoms with Gasteiger partial charge in [0.05, 0.1) is 11.9 Å². The fourth-order valence-corrected chi connectivity index (χ4v) is 4.22. The topological polar surface area (TPSA) is 73.9 Å². The molecule has 1 aliphatic rings. The van der Waals surface area contributed by atoms with E-state index in [2.05, 4.69) is 44.8 Å². The average Bonchev–Trinajstić information content (AvgIpc) is 3.28. The lowest BCUT2D eigenvalue weighted by atomic mass is 10.2. The van der Waals surface area contributed by atoms with Crippen LogP contribution in [0.5, 0.6) is 0 Å². The van der Waals surface area contributed by atoms with Crippen molar-refractivity contribution in [1.29, 1.82) is 0 Å². The van der Waals surface area contributed by atoms with Crippen LogP contribution < -0.4 is 5.32 Å². The molecule has 2 amide bonds. The third-order valence-electron chi connectivity index (χ3n) is 4.65. The summed E-state index contributed by atoms with van der Waals surface area (Å²) in [6.07, 6.45) is 2.70. The molecule has 0 unspecified atom stereocenters. The Morgan fingerprint density at radius 2 is 2.23 bits per heavy atom. The molecule has 1 saturated heterocycles. The van der Waals surface area contributed by atoms with Crippen molar-refractivity contribution in [1.82, 2.24) is 20.1 Å². The lowest BCUT2D eigenvalue weighted by Crippen LogP contribution is -2.33. The third kappa shape index (κ3) is 3.67. The van der Waals surface area contributed by atoms with Crippen molar-refractivity contribution in [3.05, 3.63) is 48.3 Å². The number of urea groups is 1. The molecule has 3 aromatic rings. The van der Waals surface area contributed by atoms with E-state index in [0.717, 1.165) is 36.3 Å². The Morgan fingerprint density at radius 1 is 1.38 bits per heavy atom. The molecule has 3 heterocycles. The van der Waals surface area contributed by atoms with Crippen LogP contribution in [0.2, 0.25) is 0 Å². The van der Waals surface area contributed by atoms with Crippen molar-refractivity contribution in [2.24, 2.45) is 5.92 Å². The molecule has 4 rings (SSSR count). The van der Waals surface area contributed by atoms with Crippen LogP contribution in [-0.4, -0.2) is 45.0 Å². The number of H-pyrrole nitrogens is 1. The number of aromatic amines is 1. The number of carbonyl (C=O) groups is 1. The van der Waals surface area contributed by atoms with Crippen molar-refractivity contribution in [2.45, 2.75) is 18.2 Å². The van der Waals surface area contributed by atoms with Gasteiger partial charge in [-0.25, -0.2) is 9.78 Å². The molecule has 7 heteroatoms. The SMILES string of the molecule is Cc1[nH]nc2ncc(NC(=O)N3CC[C@@H](CSc4ccccc4)C3)cc12. The van der Waals surface area contributed by atoms with Crippen molar-refractivity contribution >= 4 is 34.5 Å². The number of fused-ring (bicyclic) bond motifs is 1. The van der Waals surface area contributed by atoms with Gasteiger partial charge >= 0.3 is 6.03 Å². The number of benzene rings is 1. The monoisotopic (exact) mass is 367 g/mol. The lowest BCUT2D eigenvalue weighted by Gasteiger charge is -2.17. The number of anilines is 1. The summed E-state index contributed by atoms with van der Waals surface area (Å²) in [5.74, 6) is 1.57. The predicted molar refractivity (Wildman–Crippen MR) is 104 cm³/mol. The number of hydrogen-bond donors (Lipinski definition) is 2. The first kappa shape index (κ1) is 16.9. The predicted octanol–water partition coefficient (Wildman–Crippen LogP) is 3.91. The molecule has 6 nitrogen and oxygen atoms in total. The number of nitrogens with one attached hydrogen (secondary N) is 2. The number of carbonyl (C=O) groups excluding carboxylic acids is 1. The van der Waals surface area contributed by atoms with Crippen molar-refractivity contribution in [2.75, 3.05) is 24.2 Å². The second kappa shape index (κ2) is 7.37. The smallest absolute Gasteiger partial charge is 0.321 e. The molecule has 26 heavy (non-hydrogen) atoms. The van der Waals surface area contributed by atoms with E-state index in [9.17, 15) is 4.79 Å². The molecule has 2 N–H and O–H groups in total. The van der Waals surface area contributed by atoms with Gasteiger partial charge in [0.25, 0.3) is 0 Å². The Balaban J connectivity index is 1.32. The summed E-state index contributed by atoms with van der Waals surface area (Å²) in [7, 11) is 0. The van der Waals surface area contributed by atoms with Crippen LogP contribution in [0.25, 0.3) is 11.0 Å². The van der Waals surface area contributed by atoms with E-state index in [0.29, 0.717) is 17.3 Å². The number of amides is 2. The number of nitrogens with zero attached hydrogens (tertiary/aromatic N) is 3. The van der Waals surface area contributed by atoms with Gasteiger partial charge in [0.1, 0.15) is 0 Å². The minimum absolute atomic E-state index is 0.0560. The van der Waals surface area contributed by atoms with Crippen LogP contribution in [0.15, 0.2) is 47.5 Å². The number of rotatable bonds is 4. The molecule has 0 saturated carbocycles. The van der Waals surface area contributed by atoms with Gasteiger partial charge in [0.15, 0.2) is 5.65 Å². The van der Waals surface area contributed by atoms with E-state index in [4.69, 9.17) is 0 Å². The van der Waals surface area contributed by atoms with Crippen LogP contribution in [0.1, 0.15) is 12.1 Å². The van der Waals surface area contributed by atoms with E-state index in [1.54, 1.807) is 6.20 Å². The molecule has 2 aromatic heterocycles. The fourth-order valence-electron chi connectivity index (χ4n) is 3.17. The van der Waals surface area contributed by atoms with E-state index >= 15 is 0 Å². The van der Waals surface area contributed by atoms with Gasteiger partial charge in [-0.2, -0.15) is 5.10 Å². The highest BCUT2D eigenvalue weighted by molar-refractivity contribution is 7.99. The Hall–Kier alpha value is -2.54. The molecule has 1 aromatic carbocycles. The van der Waals surface area contributed by atoms with Gasteiger partial charge in [0.2, 0.25) is 0 Å². The first-order valence-corrected chi connectivity index (χ1v) is 9.72. The summed E-state index contributed by atoms with van der Waals surface area (Å²) in [6.45, 7) is 3.54. The summed E-state index contributed by atoms with van der Waals surface area (Å²) >= 11 is 1.86. The van der Waals surface area contributed by atoms with Crippen LogP contribution in [-0.2, 0) is 0 Å². The molecule has 134 valence electrons. The largest absolute Gasteiger partial charge is 0.324 e. The van der Waals surface area contributed by atoms with Gasteiger partial charge < -0.3 is 10.2 Å². The minimum atomic E-state index is -0.0560. The maximum Gasteiger partial charge on any atom is 0.321 e. The molecular weight excluding hydrogens is 346 g/mol. The number of hydrogen-bond acceptors (Lipinski definition) is 4. The molecule has 1 aliphatic heterocycles. The van der Waals surface area contributed by atoms with Crippen LogP contribution >= 0.6 is 11.8 Å². The minimum Gasteiger partial charge on any atom is -0.324 e. The van der Waals surface area contributed by atoms with Crippen LogP contribution in [0.3, 0.4) is 0 Å². The first-order chi connectivity index (χ1) is 12.7. The Labute approximate surface area is 156 Å². The van der Waals surface area contributed by atoms with Crippen molar-refractivity contribution < 1.29 is 4.79 Å². The summed E-state index contributed by atoms with van der Waals surface area (Å²) in [5, 5.41) is 10.9. The highest BCUT2D eigenvalue weighted by atomic mass is 32.2. The number of likely N-dealkylation sites (tertiary alicyclic amines) is 1. The highest BCUT2D eigenvalue weighted by Crippen LogP contribution is 2.26. The van der Waals surface area contributed by atoms with E-state index in [1.165, 1.54) is 4.90 Å². The molecule has 0 radical (unpaired) electrons. The summed E-state index contributed by atoms with van der Waals surface area (Å²) < 4.78 is 0. The molecule has 0 aliphatic carbocycles. The molecule has 0 spiro atoms. The molecular formula is C19H21N5OS. The number of thioether (sulfide) groups is 1. The van der Waals surface area contributed by atoms with Crippen molar-refractivity contribution in [3.63, 3.8) is 0 Å². The fraction of sp³-hybridized carbons (Fsp3) is 0.316. The van der Waals surface area contributed by atoms with Gasteiger partial charge in [-0.1, -0.05) is 18.2 Å². The molecule has 1 fully saturated rings. The molecule has 1 atom stereocenters. The number of aromatic nitrogens is 3. The maximum atomic E-state index is 12.6. The van der Waals surface area contributed by atoms with Crippen molar-refractivity contribution in [3.8, 4) is 0 Å². The lowest BCUT2D eigenvalue weighted by molar-refractivity contribution is 0.221. The quantitative estimate of drug-likeness (QED) is 0.686. The Kier molecular flexibility index (Phi) is 4.79. The third-order valence-corrected chi connectivity index (χ3v) is 5.90. The van der Waals surface area contributed by atoms with Crippen LogP contribution in [0.4, 0.5) is 10.5 Å². The summed E-state index contributed by atoms with van der Waals surface area (Å²) in [6, 6.07) is 12.3. The normalized spacial score (nSPS) is 17.0. The zero-order valence-electron chi connectivity index (χ0n) is 14.6. The summed E-state index contributed by atoms with van der Waals surface area (Å²) in [5.41, 5.74) is 2.32. The maximum absolute atomic E-state index is 12.6. The van der Waals surface area contributed by atoms with E-state index in [1.807, 2.05) is 35.7 Å². The van der Waals surface area contributed by atoms with Crippen LogP contribution in [0, 0.1) is 12.8 Å². The van der Waals surface area contributed by atoms with E-state index < -0.39 is 0 Å². The van der Waals surface area contributed by atoms with Gasteiger partial charge in [-0.3, -0.25) is 5.10 Å². The summed E-state index contributed by atoms with van der Waals surface area (Å²) in [4.78, 5) is 20.0. The van der Waals surface area contributed by atoms with Gasteiger partial charge in [-0.05, 0) is 37.5 Å². The number of pyridine rings is 1. The van der Waals surface area contributed by atoms with E-state index in [-0.39, 0.29) is 6.03 Å².